The second-order valence-electron chi connectivity index (χ2n) is 4.22. The number of nitrogens with one attached hydrogen (secondary N) is 1. The number of benzene rings is 1. The summed E-state index contributed by atoms with van der Waals surface area (Å²) in [6.07, 6.45) is 1.05. The maximum atomic E-state index is 12.0. The van der Waals surface area contributed by atoms with Gasteiger partial charge in [-0.3, -0.25) is 24.6 Å². The molecule has 0 saturated heterocycles. The van der Waals surface area contributed by atoms with Gasteiger partial charge in [0.1, 0.15) is 15.0 Å². The van der Waals surface area contributed by atoms with Gasteiger partial charge in [0.25, 0.3) is 11.8 Å². The molecule has 2 N–H and O–H groups in total. The fraction of sp³-hybridized carbons (Fsp3) is 0.167. The minimum atomic E-state index is -0.633. The van der Waals surface area contributed by atoms with E-state index >= 15 is 0 Å². The molecule has 1 aromatic carbocycles. The average Bonchev–Trinajstić information content (AvgIpc) is 2.71. The smallest absolute Gasteiger partial charge is 0.307 e. The molecule has 0 saturated carbocycles. The predicted octanol–water partition coefficient (Wildman–Crippen LogP) is 1.62. The summed E-state index contributed by atoms with van der Waals surface area (Å²) in [7, 11) is 0. The molecule has 10 heteroatoms. The van der Waals surface area contributed by atoms with E-state index in [2.05, 4.69) is 21.2 Å². The number of nitro groups is 1. The van der Waals surface area contributed by atoms with E-state index in [-0.39, 0.29) is 30.2 Å². The monoisotopic (exact) mass is 481 g/mol. The van der Waals surface area contributed by atoms with Gasteiger partial charge >= 0.3 is 5.69 Å². The van der Waals surface area contributed by atoms with Crippen molar-refractivity contribution in [1.29, 1.82) is 0 Å². The van der Waals surface area contributed by atoms with E-state index in [1.807, 2.05) is 22.6 Å². The lowest BCUT2D eigenvalue weighted by molar-refractivity contribution is -0.384. The van der Waals surface area contributed by atoms with Gasteiger partial charge in [0.2, 0.25) is 0 Å². The topological polar surface area (TPSA) is 113 Å². The highest BCUT2D eigenvalue weighted by Gasteiger charge is 2.32. The van der Waals surface area contributed by atoms with Gasteiger partial charge in [-0.1, -0.05) is 0 Å². The molecule has 1 aliphatic rings. The predicted molar refractivity (Wildman–Crippen MR) is 89.0 cm³/mol. The molecule has 1 aliphatic heterocycles. The number of aliphatic hydroxyl groups is 1. The van der Waals surface area contributed by atoms with Crippen molar-refractivity contribution < 1.29 is 19.6 Å². The molecule has 0 unspecified atom stereocenters. The minimum absolute atomic E-state index is 0.0697. The lowest BCUT2D eigenvalue weighted by atomic mass is 10.2. The van der Waals surface area contributed by atoms with E-state index in [0.717, 1.165) is 11.0 Å². The summed E-state index contributed by atoms with van der Waals surface area (Å²) in [4.78, 5) is 35.2. The summed E-state index contributed by atoms with van der Waals surface area (Å²) >= 11 is 5.02. The molecule has 1 heterocycles. The number of nitrogens with zero attached hydrogens (tertiary/aromatic N) is 2. The zero-order chi connectivity index (χ0) is 16.4. The molecule has 0 aliphatic carbocycles. The summed E-state index contributed by atoms with van der Waals surface area (Å²) in [6, 6.07) is 3.04. The number of nitro benzene ring substituents is 1. The number of anilines is 1. The summed E-state index contributed by atoms with van der Waals surface area (Å²) in [6.45, 7) is -0.478. The van der Waals surface area contributed by atoms with Gasteiger partial charge in [-0.25, -0.2) is 0 Å². The number of carbonyl (C=O) groups excluding carboxylic acids is 2. The van der Waals surface area contributed by atoms with E-state index in [9.17, 15) is 19.7 Å². The lowest BCUT2D eigenvalue weighted by Crippen LogP contribution is -2.34. The normalized spacial score (nSPS) is 14.3. The Hall–Kier alpha value is -1.53. The van der Waals surface area contributed by atoms with Gasteiger partial charge in [0.05, 0.1) is 18.1 Å². The fourth-order valence-corrected chi connectivity index (χ4v) is 2.86. The van der Waals surface area contributed by atoms with Crippen LogP contribution < -0.4 is 5.32 Å². The largest absolute Gasteiger partial charge is 0.395 e. The Labute approximate surface area is 146 Å². The van der Waals surface area contributed by atoms with Crippen molar-refractivity contribution in [1.82, 2.24) is 4.90 Å². The molecular formula is C12H9BrIN3O5. The van der Waals surface area contributed by atoms with Crippen LogP contribution in [-0.4, -0.2) is 39.9 Å². The second-order valence-corrected chi connectivity index (χ2v) is 6.15. The first-order chi connectivity index (χ1) is 10.4. The highest BCUT2D eigenvalue weighted by molar-refractivity contribution is 14.1. The molecule has 0 atom stereocenters. The third kappa shape index (κ3) is 3.13. The first kappa shape index (κ1) is 16.8. The Morgan fingerprint density at radius 2 is 2.09 bits per heavy atom. The SMILES string of the molecule is O=C1C=C(Nc2ccc(Br)c(I)c2[N+](=O)[O-])C(=O)N1CCO. The van der Waals surface area contributed by atoms with Gasteiger partial charge in [0.15, 0.2) is 0 Å². The first-order valence-electron chi connectivity index (χ1n) is 5.94. The molecule has 0 bridgehead atoms. The molecule has 2 rings (SSSR count). The van der Waals surface area contributed by atoms with Crippen LogP contribution in [0.4, 0.5) is 11.4 Å². The van der Waals surface area contributed by atoms with Crippen LogP contribution in [0.25, 0.3) is 0 Å². The number of aliphatic hydroxyl groups excluding tert-OH is 1. The Kier molecular flexibility index (Phi) is 5.13. The molecular weight excluding hydrogens is 473 g/mol. The molecule has 1 aromatic rings. The summed E-state index contributed by atoms with van der Waals surface area (Å²) < 4.78 is 0.923. The molecule has 116 valence electrons. The average molecular weight is 482 g/mol. The number of halogens is 2. The second kappa shape index (κ2) is 6.71. The highest BCUT2D eigenvalue weighted by Crippen LogP contribution is 2.36. The fourth-order valence-electron chi connectivity index (χ4n) is 1.87. The number of β-amino-alcohol motifs (C(OH)–C–C–N with tert-alkyl or cyclic N) is 1. The van der Waals surface area contributed by atoms with Gasteiger partial charge in [0, 0.05) is 10.5 Å². The van der Waals surface area contributed by atoms with E-state index in [1.165, 1.54) is 6.07 Å². The molecule has 0 radical (unpaired) electrons. The van der Waals surface area contributed by atoms with Crippen molar-refractivity contribution in [3.63, 3.8) is 0 Å². The summed E-state index contributed by atoms with van der Waals surface area (Å²) in [5.74, 6) is -1.21. The number of amides is 2. The van der Waals surface area contributed by atoms with Crippen molar-refractivity contribution in [2.45, 2.75) is 0 Å². The number of imide groups is 1. The van der Waals surface area contributed by atoms with E-state index in [1.54, 1.807) is 6.07 Å². The Morgan fingerprint density at radius 1 is 1.41 bits per heavy atom. The molecule has 0 spiro atoms. The zero-order valence-corrected chi connectivity index (χ0v) is 14.6. The highest BCUT2D eigenvalue weighted by atomic mass is 127. The standard InChI is InChI=1S/C12H9BrIN3O5/c13-6-1-2-7(11(10(6)14)17(21)22)15-8-5-9(19)16(3-4-18)12(8)20/h1-2,5,15,18H,3-4H2. The molecule has 2 amide bonds. The molecule has 0 fully saturated rings. The Morgan fingerprint density at radius 3 is 2.68 bits per heavy atom. The van der Waals surface area contributed by atoms with Crippen molar-refractivity contribution in [2.75, 3.05) is 18.5 Å². The van der Waals surface area contributed by atoms with Crippen LogP contribution in [0.15, 0.2) is 28.4 Å². The third-order valence-corrected chi connectivity index (χ3v) is 5.35. The van der Waals surface area contributed by atoms with Crippen molar-refractivity contribution >= 4 is 61.7 Å². The quantitative estimate of drug-likeness (QED) is 0.286. The maximum Gasteiger partial charge on any atom is 0.307 e. The Balaban J connectivity index is 2.35. The van der Waals surface area contributed by atoms with Gasteiger partial charge in [-0.15, -0.1) is 0 Å². The number of hydrogen-bond donors (Lipinski definition) is 2. The van der Waals surface area contributed by atoms with E-state index < -0.39 is 16.7 Å². The lowest BCUT2D eigenvalue weighted by Gasteiger charge is -2.13. The van der Waals surface area contributed by atoms with Crippen molar-refractivity contribution in [3.05, 3.63) is 42.1 Å². The summed E-state index contributed by atoms with van der Waals surface area (Å²) in [5, 5.41) is 22.7. The van der Waals surface area contributed by atoms with Gasteiger partial charge in [-0.05, 0) is 50.7 Å². The molecule has 8 nitrogen and oxygen atoms in total. The maximum absolute atomic E-state index is 12.0. The van der Waals surface area contributed by atoms with Crippen LogP contribution in [0.5, 0.6) is 0 Å². The third-order valence-electron chi connectivity index (χ3n) is 2.85. The number of hydrogen-bond acceptors (Lipinski definition) is 6. The van der Waals surface area contributed by atoms with E-state index in [4.69, 9.17) is 5.11 Å². The Bertz CT molecular complexity index is 706. The van der Waals surface area contributed by atoms with Crippen LogP contribution >= 0.6 is 38.5 Å². The zero-order valence-electron chi connectivity index (χ0n) is 10.9. The minimum Gasteiger partial charge on any atom is -0.395 e. The van der Waals surface area contributed by atoms with Crippen LogP contribution in [0.2, 0.25) is 0 Å². The molecule has 0 aromatic heterocycles. The first-order valence-corrected chi connectivity index (χ1v) is 7.81. The van der Waals surface area contributed by atoms with Gasteiger partial charge in [-0.2, -0.15) is 0 Å². The van der Waals surface area contributed by atoms with E-state index in [0.29, 0.717) is 8.04 Å². The van der Waals surface area contributed by atoms with Crippen molar-refractivity contribution in [2.24, 2.45) is 0 Å². The van der Waals surface area contributed by atoms with Crippen LogP contribution in [0.3, 0.4) is 0 Å². The van der Waals surface area contributed by atoms with Crippen LogP contribution in [0, 0.1) is 13.7 Å². The summed E-state index contributed by atoms with van der Waals surface area (Å²) in [5.41, 5.74) is -0.160. The molecule has 22 heavy (non-hydrogen) atoms. The van der Waals surface area contributed by atoms with Crippen molar-refractivity contribution in [3.8, 4) is 0 Å². The number of carbonyl (C=O) groups is 2. The number of rotatable bonds is 5. The van der Waals surface area contributed by atoms with Crippen LogP contribution in [0.1, 0.15) is 0 Å². The van der Waals surface area contributed by atoms with Crippen LogP contribution in [-0.2, 0) is 9.59 Å². The van der Waals surface area contributed by atoms with Gasteiger partial charge < -0.3 is 10.4 Å².